The topological polar surface area (TPSA) is 0 Å². The van der Waals surface area contributed by atoms with Gasteiger partial charge < -0.3 is 0 Å². The zero-order chi connectivity index (χ0) is 13.0. The van der Waals surface area contributed by atoms with E-state index in [1.54, 1.807) is 6.07 Å². The second-order valence-electron chi connectivity index (χ2n) is 4.13. The summed E-state index contributed by atoms with van der Waals surface area (Å²) in [4.78, 5) is 0. The van der Waals surface area contributed by atoms with Gasteiger partial charge in [0.1, 0.15) is 0 Å². The van der Waals surface area contributed by atoms with Gasteiger partial charge in [-0.15, -0.1) is 0 Å². The first-order valence-corrected chi connectivity index (χ1v) is 6.66. The average Bonchev–Trinajstić information content (AvgIpc) is 2.36. The van der Waals surface area contributed by atoms with Gasteiger partial charge in [0.15, 0.2) is 0 Å². The van der Waals surface area contributed by atoms with E-state index in [0.29, 0.717) is 10.0 Å². The lowest BCUT2D eigenvalue weighted by Gasteiger charge is -1.99. The number of halogens is 2. The predicted octanol–water partition coefficient (Wildman–Crippen LogP) is 5.73. The molecule has 0 heterocycles. The molecule has 0 nitrogen and oxygen atoms in total. The highest BCUT2D eigenvalue weighted by Crippen LogP contribution is 2.20. The first-order valence-electron chi connectivity index (χ1n) is 5.90. The lowest BCUT2D eigenvalue weighted by atomic mass is 10.1. The third-order valence-electron chi connectivity index (χ3n) is 2.74. The fraction of sp³-hybridized carbons (Fsp3) is 0.125. The molecule has 18 heavy (non-hydrogen) atoms. The van der Waals surface area contributed by atoms with Gasteiger partial charge in [-0.25, -0.2) is 0 Å². The number of hydrogen-bond donors (Lipinski definition) is 0. The van der Waals surface area contributed by atoms with Gasteiger partial charge in [0.25, 0.3) is 0 Å². The predicted molar refractivity (Wildman–Crippen MR) is 81.2 cm³/mol. The first-order chi connectivity index (χ1) is 8.67. The van der Waals surface area contributed by atoms with Gasteiger partial charge in [0, 0.05) is 10.0 Å². The second kappa shape index (κ2) is 6.08. The SMILES string of the molecule is CCc1ccc(/C=C/c2cc(Cl)cc(Cl)c2)cc1. The molecule has 0 aliphatic rings. The summed E-state index contributed by atoms with van der Waals surface area (Å²) in [5.41, 5.74) is 3.52. The van der Waals surface area contributed by atoms with Crippen molar-refractivity contribution in [1.82, 2.24) is 0 Å². The minimum Gasteiger partial charge on any atom is -0.0843 e. The Hall–Kier alpha value is -1.24. The third-order valence-corrected chi connectivity index (χ3v) is 3.18. The maximum atomic E-state index is 5.95. The molecule has 0 amide bonds. The van der Waals surface area contributed by atoms with E-state index in [1.807, 2.05) is 18.2 Å². The summed E-state index contributed by atoms with van der Waals surface area (Å²) in [5, 5.41) is 1.31. The van der Waals surface area contributed by atoms with Crippen LogP contribution in [0.25, 0.3) is 12.2 Å². The van der Waals surface area contributed by atoms with Crippen LogP contribution in [-0.4, -0.2) is 0 Å². The third kappa shape index (κ3) is 3.63. The molecule has 0 atom stereocenters. The summed E-state index contributed by atoms with van der Waals surface area (Å²) in [6.07, 6.45) is 5.13. The summed E-state index contributed by atoms with van der Waals surface area (Å²) >= 11 is 11.9. The molecule has 0 N–H and O–H groups in total. The lowest BCUT2D eigenvalue weighted by molar-refractivity contribution is 1.14. The Balaban J connectivity index is 2.18. The maximum absolute atomic E-state index is 5.95. The Morgan fingerprint density at radius 3 is 1.94 bits per heavy atom. The normalized spacial score (nSPS) is 11.1. The molecule has 0 aliphatic heterocycles. The van der Waals surface area contributed by atoms with Crippen LogP contribution in [0.2, 0.25) is 10.0 Å². The van der Waals surface area contributed by atoms with Gasteiger partial charge in [-0.05, 0) is 41.3 Å². The Kier molecular flexibility index (Phi) is 4.46. The molecule has 0 saturated heterocycles. The van der Waals surface area contributed by atoms with Crippen molar-refractivity contribution in [2.24, 2.45) is 0 Å². The van der Waals surface area contributed by atoms with Crippen molar-refractivity contribution in [1.29, 1.82) is 0 Å². The highest BCUT2D eigenvalue weighted by Gasteiger charge is 1.95. The van der Waals surface area contributed by atoms with Crippen molar-refractivity contribution in [3.8, 4) is 0 Å². The fourth-order valence-corrected chi connectivity index (χ4v) is 2.27. The first kappa shape index (κ1) is 13.2. The molecule has 0 aromatic heterocycles. The van der Waals surface area contributed by atoms with Crippen LogP contribution in [0.5, 0.6) is 0 Å². The second-order valence-corrected chi connectivity index (χ2v) is 5.00. The van der Waals surface area contributed by atoms with Crippen LogP contribution < -0.4 is 0 Å². The van der Waals surface area contributed by atoms with E-state index >= 15 is 0 Å². The van der Waals surface area contributed by atoms with E-state index in [1.165, 1.54) is 11.1 Å². The highest BCUT2D eigenvalue weighted by molar-refractivity contribution is 6.34. The summed E-state index contributed by atoms with van der Waals surface area (Å²) in [6.45, 7) is 2.15. The molecule has 0 aliphatic carbocycles. The summed E-state index contributed by atoms with van der Waals surface area (Å²) in [7, 11) is 0. The van der Waals surface area contributed by atoms with E-state index in [4.69, 9.17) is 23.2 Å². The molecule has 0 radical (unpaired) electrons. The van der Waals surface area contributed by atoms with Crippen LogP contribution in [0.4, 0.5) is 0 Å². The van der Waals surface area contributed by atoms with Crippen LogP contribution in [0, 0.1) is 0 Å². The quantitative estimate of drug-likeness (QED) is 0.629. The maximum Gasteiger partial charge on any atom is 0.0426 e. The van der Waals surface area contributed by atoms with Crippen LogP contribution in [0.3, 0.4) is 0 Å². The standard InChI is InChI=1S/C16H14Cl2/c1-2-12-3-5-13(6-4-12)7-8-14-9-15(17)11-16(18)10-14/h3-11H,2H2,1H3/b8-7+. The molecule has 2 heteroatoms. The van der Waals surface area contributed by atoms with Crippen molar-refractivity contribution >= 4 is 35.4 Å². The minimum absolute atomic E-state index is 0.656. The molecule has 2 rings (SSSR count). The molecular formula is C16H14Cl2. The number of hydrogen-bond acceptors (Lipinski definition) is 0. The van der Waals surface area contributed by atoms with Crippen molar-refractivity contribution in [2.45, 2.75) is 13.3 Å². The Bertz CT molecular complexity index is 534. The Morgan fingerprint density at radius 1 is 0.833 bits per heavy atom. The van der Waals surface area contributed by atoms with Gasteiger partial charge in [-0.1, -0.05) is 66.5 Å². The van der Waals surface area contributed by atoms with Gasteiger partial charge in [-0.3, -0.25) is 0 Å². The Labute approximate surface area is 118 Å². The number of rotatable bonds is 3. The monoisotopic (exact) mass is 276 g/mol. The van der Waals surface area contributed by atoms with Crippen LogP contribution in [0.15, 0.2) is 42.5 Å². The molecule has 0 bridgehead atoms. The smallest absolute Gasteiger partial charge is 0.0426 e. The van der Waals surface area contributed by atoms with Gasteiger partial charge >= 0.3 is 0 Å². The Morgan fingerprint density at radius 2 is 1.39 bits per heavy atom. The molecule has 92 valence electrons. The van der Waals surface area contributed by atoms with Crippen LogP contribution >= 0.6 is 23.2 Å². The van der Waals surface area contributed by atoms with Crippen molar-refractivity contribution in [3.05, 3.63) is 69.2 Å². The minimum atomic E-state index is 0.656. The fourth-order valence-electron chi connectivity index (χ4n) is 1.73. The van der Waals surface area contributed by atoms with Crippen LogP contribution in [-0.2, 0) is 6.42 Å². The van der Waals surface area contributed by atoms with Crippen molar-refractivity contribution in [2.75, 3.05) is 0 Å². The zero-order valence-corrected chi connectivity index (χ0v) is 11.7. The molecule has 2 aromatic carbocycles. The lowest BCUT2D eigenvalue weighted by Crippen LogP contribution is -1.79. The van der Waals surface area contributed by atoms with Crippen molar-refractivity contribution < 1.29 is 0 Å². The van der Waals surface area contributed by atoms with Crippen LogP contribution in [0.1, 0.15) is 23.6 Å². The number of benzene rings is 2. The van der Waals surface area contributed by atoms with E-state index < -0.39 is 0 Å². The van der Waals surface area contributed by atoms with E-state index in [2.05, 4.69) is 37.3 Å². The highest BCUT2D eigenvalue weighted by atomic mass is 35.5. The molecule has 0 saturated carbocycles. The molecule has 0 fully saturated rings. The average molecular weight is 277 g/mol. The van der Waals surface area contributed by atoms with Gasteiger partial charge in [0.2, 0.25) is 0 Å². The van der Waals surface area contributed by atoms with E-state index in [0.717, 1.165) is 12.0 Å². The van der Waals surface area contributed by atoms with E-state index in [-0.39, 0.29) is 0 Å². The summed E-state index contributed by atoms with van der Waals surface area (Å²) in [5.74, 6) is 0. The van der Waals surface area contributed by atoms with Crippen molar-refractivity contribution in [3.63, 3.8) is 0 Å². The van der Waals surface area contributed by atoms with E-state index in [9.17, 15) is 0 Å². The number of aryl methyl sites for hydroxylation is 1. The summed E-state index contributed by atoms with van der Waals surface area (Å²) < 4.78 is 0. The molecule has 0 spiro atoms. The largest absolute Gasteiger partial charge is 0.0843 e. The zero-order valence-electron chi connectivity index (χ0n) is 10.2. The summed E-state index contributed by atoms with van der Waals surface area (Å²) in [6, 6.07) is 14.0. The van der Waals surface area contributed by atoms with Gasteiger partial charge in [0.05, 0.1) is 0 Å². The molecule has 2 aromatic rings. The van der Waals surface area contributed by atoms with Gasteiger partial charge in [-0.2, -0.15) is 0 Å². The molecular weight excluding hydrogens is 263 g/mol. The molecule has 0 unspecified atom stereocenters.